The van der Waals surface area contributed by atoms with Crippen LogP contribution < -0.4 is 16.4 Å². The van der Waals surface area contributed by atoms with Crippen molar-refractivity contribution < 1.29 is 24.0 Å². The molecule has 3 aliphatic heterocycles. The maximum atomic E-state index is 13.0. The van der Waals surface area contributed by atoms with Gasteiger partial charge in [-0.2, -0.15) is 0 Å². The minimum absolute atomic E-state index is 0.0702. The number of hydrogen-bond acceptors (Lipinski definition) is 7. The first-order valence-electron chi connectivity index (χ1n) is 11.0. The number of unbranched alkanes of at least 4 members (excludes halogenated alkanes) is 1. The van der Waals surface area contributed by atoms with Gasteiger partial charge in [-0.15, -0.1) is 0 Å². The summed E-state index contributed by atoms with van der Waals surface area (Å²) < 4.78 is 0. The van der Waals surface area contributed by atoms with Gasteiger partial charge in [0.2, 0.25) is 17.7 Å². The minimum Gasteiger partial charge on any atom is -0.384 e. The lowest BCUT2D eigenvalue weighted by molar-refractivity contribution is -0.136. The zero-order valence-corrected chi connectivity index (χ0v) is 17.8. The number of piperidine rings is 1. The van der Waals surface area contributed by atoms with Crippen LogP contribution in [0.25, 0.3) is 0 Å². The molecule has 1 aromatic carbocycles. The highest BCUT2D eigenvalue weighted by Crippen LogP contribution is 2.32. The van der Waals surface area contributed by atoms with Gasteiger partial charge in [-0.05, 0) is 37.8 Å². The van der Waals surface area contributed by atoms with Crippen LogP contribution in [0.15, 0.2) is 18.2 Å². The largest absolute Gasteiger partial charge is 0.384 e. The number of fused-ring (bicyclic) bond motifs is 1. The van der Waals surface area contributed by atoms with E-state index in [9.17, 15) is 24.0 Å². The van der Waals surface area contributed by atoms with Crippen LogP contribution in [0.5, 0.6) is 0 Å². The highest BCUT2D eigenvalue weighted by molar-refractivity contribution is 6.25. The average molecular weight is 441 g/mol. The number of carbonyl (C=O) groups excluding carboxylic acids is 5. The van der Waals surface area contributed by atoms with Crippen molar-refractivity contribution in [2.24, 2.45) is 5.73 Å². The molecule has 5 amide bonds. The van der Waals surface area contributed by atoms with Crippen LogP contribution >= 0.6 is 0 Å². The molecule has 0 aliphatic carbocycles. The fraction of sp³-hybridized carbons (Fsp3) is 0.500. The van der Waals surface area contributed by atoms with Crippen molar-refractivity contribution in [2.45, 2.75) is 50.6 Å². The van der Waals surface area contributed by atoms with Crippen molar-refractivity contribution in [3.8, 4) is 0 Å². The average Bonchev–Trinajstić information content (AvgIpc) is 3.30. The van der Waals surface area contributed by atoms with Crippen LogP contribution in [0, 0.1) is 0 Å². The fourth-order valence-corrected chi connectivity index (χ4v) is 4.46. The first-order chi connectivity index (χ1) is 15.4. The molecule has 2 unspecified atom stereocenters. The summed E-state index contributed by atoms with van der Waals surface area (Å²) >= 11 is 0. The summed E-state index contributed by atoms with van der Waals surface area (Å²) in [6.45, 7) is 1.87. The van der Waals surface area contributed by atoms with Crippen LogP contribution in [-0.2, 0) is 14.4 Å². The maximum absolute atomic E-state index is 13.0. The molecule has 2 saturated heterocycles. The summed E-state index contributed by atoms with van der Waals surface area (Å²) in [4.78, 5) is 64.5. The third-order valence-corrected chi connectivity index (χ3v) is 6.18. The number of imide groups is 2. The molecule has 1 aromatic rings. The van der Waals surface area contributed by atoms with Crippen LogP contribution in [0.1, 0.15) is 59.2 Å². The Labute approximate surface area is 185 Å². The Kier molecular flexibility index (Phi) is 6.22. The molecule has 0 aromatic heterocycles. The van der Waals surface area contributed by atoms with Crippen molar-refractivity contribution in [1.29, 1.82) is 0 Å². The second-order valence-corrected chi connectivity index (χ2v) is 8.45. The molecule has 3 aliphatic rings. The molecular formula is C22H27N5O5. The molecule has 32 heavy (non-hydrogen) atoms. The van der Waals surface area contributed by atoms with E-state index in [4.69, 9.17) is 5.73 Å². The first kappa shape index (κ1) is 21.9. The summed E-state index contributed by atoms with van der Waals surface area (Å²) in [7, 11) is 0. The number of carbonyl (C=O) groups is 5. The lowest BCUT2D eigenvalue weighted by Gasteiger charge is -2.27. The van der Waals surface area contributed by atoms with E-state index >= 15 is 0 Å². The van der Waals surface area contributed by atoms with E-state index in [2.05, 4.69) is 10.6 Å². The van der Waals surface area contributed by atoms with Crippen LogP contribution in [-0.4, -0.2) is 71.1 Å². The maximum Gasteiger partial charge on any atom is 0.264 e. The molecule has 0 bridgehead atoms. The minimum atomic E-state index is -0.988. The van der Waals surface area contributed by atoms with Crippen LogP contribution in [0.2, 0.25) is 0 Å². The van der Waals surface area contributed by atoms with E-state index < -0.39 is 29.7 Å². The summed E-state index contributed by atoms with van der Waals surface area (Å²) in [6, 6.07) is 4.04. The SMILES string of the molecule is NC1CCN(C(=O)CCCCNc2cccc3c2C(=O)N(C2CCC(=O)NC2=O)C3=O)C1. The van der Waals surface area contributed by atoms with E-state index in [1.54, 1.807) is 23.1 Å². The van der Waals surface area contributed by atoms with Gasteiger partial charge in [-0.25, -0.2) is 0 Å². The predicted molar refractivity (Wildman–Crippen MR) is 115 cm³/mol. The Morgan fingerprint density at radius 1 is 1.12 bits per heavy atom. The van der Waals surface area contributed by atoms with Gasteiger partial charge in [0.25, 0.3) is 11.8 Å². The Bertz CT molecular complexity index is 977. The fourth-order valence-electron chi connectivity index (χ4n) is 4.46. The van der Waals surface area contributed by atoms with Gasteiger partial charge in [-0.3, -0.25) is 34.2 Å². The van der Waals surface area contributed by atoms with Crippen molar-refractivity contribution in [1.82, 2.24) is 15.1 Å². The summed E-state index contributed by atoms with van der Waals surface area (Å²) in [6.07, 6.45) is 2.90. The zero-order valence-electron chi connectivity index (χ0n) is 17.8. The topological polar surface area (TPSA) is 142 Å². The lowest BCUT2D eigenvalue weighted by Crippen LogP contribution is -2.54. The van der Waals surface area contributed by atoms with Crippen LogP contribution in [0.3, 0.4) is 0 Å². The van der Waals surface area contributed by atoms with Gasteiger partial charge in [0.05, 0.1) is 11.1 Å². The van der Waals surface area contributed by atoms with Crippen molar-refractivity contribution >= 4 is 35.2 Å². The molecule has 170 valence electrons. The third-order valence-electron chi connectivity index (χ3n) is 6.18. The number of likely N-dealkylation sites (tertiary alicyclic amines) is 1. The van der Waals surface area contributed by atoms with Crippen molar-refractivity contribution in [3.05, 3.63) is 29.3 Å². The number of nitrogens with zero attached hydrogens (tertiary/aromatic N) is 2. The Balaban J connectivity index is 1.34. The van der Waals surface area contributed by atoms with E-state index in [1.807, 2.05) is 0 Å². The zero-order chi connectivity index (χ0) is 22.8. The number of anilines is 1. The summed E-state index contributed by atoms with van der Waals surface area (Å²) in [5.41, 5.74) is 6.85. The van der Waals surface area contributed by atoms with Crippen molar-refractivity contribution in [2.75, 3.05) is 25.0 Å². The standard InChI is InChI=1S/C22H27N5O5/c23-13-9-11-26(12-13)18(29)6-1-2-10-24-15-5-3-4-14-19(15)22(32)27(21(14)31)16-7-8-17(28)25-20(16)30/h3-5,13,16,24H,1-2,6-12,23H2,(H,25,28,30). The van der Waals surface area contributed by atoms with E-state index in [0.717, 1.165) is 11.3 Å². The molecule has 10 nitrogen and oxygen atoms in total. The lowest BCUT2D eigenvalue weighted by atomic mass is 10.0. The molecule has 0 saturated carbocycles. The molecule has 3 heterocycles. The molecule has 0 radical (unpaired) electrons. The number of nitrogens with two attached hydrogens (primary N) is 1. The summed E-state index contributed by atoms with van der Waals surface area (Å²) in [5, 5.41) is 5.38. The van der Waals surface area contributed by atoms with Gasteiger partial charge in [0, 0.05) is 44.2 Å². The predicted octanol–water partition coefficient (Wildman–Crippen LogP) is 0.230. The highest BCUT2D eigenvalue weighted by atomic mass is 16.2. The number of amides is 5. The first-order valence-corrected chi connectivity index (χ1v) is 11.0. The van der Waals surface area contributed by atoms with Gasteiger partial charge in [0.15, 0.2) is 0 Å². The second-order valence-electron chi connectivity index (χ2n) is 8.45. The normalized spacial score (nSPS) is 22.9. The van der Waals surface area contributed by atoms with Crippen molar-refractivity contribution in [3.63, 3.8) is 0 Å². The Hall–Kier alpha value is -3.27. The molecule has 4 rings (SSSR count). The smallest absolute Gasteiger partial charge is 0.264 e. The number of nitrogens with one attached hydrogen (secondary N) is 2. The van der Waals surface area contributed by atoms with E-state index in [0.29, 0.717) is 44.6 Å². The quantitative estimate of drug-likeness (QED) is 0.406. The molecule has 2 fully saturated rings. The van der Waals surface area contributed by atoms with Gasteiger partial charge in [0.1, 0.15) is 6.04 Å². The number of benzene rings is 1. The third kappa shape index (κ3) is 4.22. The number of rotatable bonds is 7. The van der Waals surface area contributed by atoms with E-state index in [-0.39, 0.29) is 35.9 Å². The van der Waals surface area contributed by atoms with Gasteiger partial charge in [-0.1, -0.05) is 6.07 Å². The van der Waals surface area contributed by atoms with Crippen LogP contribution in [0.4, 0.5) is 5.69 Å². The molecule has 10 heteroatoms. The molecule has 4 N–H and O–H groups in total. The molecule has 2 atom stereocenters. The summed E-state index contributed by atoms with van der Waals surface area (Å²) in [5.74, 6) is -2.00. The van der Waals surface area contributed by atoms with E-state index in [1.165, 1.54) is 0 Å². The Morgan fingerprint density at radius 3 is 2.66 bits per heavy atom. The van der Waals surface area contributed by atoms with Gasteiger partial charge >= 0.3 is 0 Å². The Morgan fingerprint density at radius 2 is 1.94 bits per heavy atom. The monoisotopic (exact) mass is 441 g/mol. The molecule has 0 spiro atoms. The van der Waals surface area contributed by atoms with Gasteiger partial charge < -0.3 is 16.0 Å². The second kappa shape index (κ2) is 9.07. The number of hydrogen-bond donors (Lipinski definition) is 3. The molecular weight excluding hydrogens is 414 g/mol. The highest BCUT2D eigenvalue weighted by Gasteiger charge is 2.45.